The van der Waals surface area contributed by atoms with E-state index in [1.165, 1.54) is 11.0 Å². The first-order valence-electron chi connectivity index (χ1n) is 10.0. The van der Waals surface area contributed by atoms with Crippen LogP contribution in [-0.2, 0) is 18.8 Å². The Morgan fingerprint density at radius 2 is 1.83 bits per heavy atom. The number of halogens is 1. The zero-order chi connectivity index (χ0) is 21.6. The van der Waals surface area contributed by atoms with E-state index < -0.39 is 41.9 Å². The van der Waals surface area contributed by atoms with Gasteiger partial charge in [-0.05, 0) is 60.0 Å². The number of hydrogen-bond donors (Lipinski definition) is 0. The van der Waals surface area contributed by atoms with E-state index in [4.69, 9.17) is 18.8 Å². The van der Waals surface area contributed by atoms with E-state index in [1.54, 1.807) is 32.9 Å². The normalized spacial score (nSPS) is 23.9. The molecule has 2 aliphatic heterocycles. The van der Waals surface area contributed by atoms with Gasteiger partial charge in [0, 0.05) is 12.1 Å². The average Bonchev–Trinajstić information content (AvgIpc) is 2.81. The Kier molecular flexibility index (Phi) is 5.75. The molecule has 1 aromatic rings. The molecule has 29 heavy (non-hydrogen) atoms. The number of carbonyl (C=O) groups excluding carboxylic acids is 1. The Morgan fingerprint density at radius 3 is 2.38 bits per heavy atom. The molecule has 0 aromatic heterocycles. The first-order chi connectivity index (χ1) is 13.3. The number of carbonyl (C=O) groups is 1. The first-order valence-corrected chi connectivity index (χ1v) is 10.0. The van der Waals surface area contributed by atoms with Crippen LogP contribution in [0.2, 0.25) is 0 Å². The van der Waals surface area contributed by atoms with Crippen molar-refractivity contribution in [2.24, 2.45) is 0 Å². The fourth-order valence-electron chi connectivity index (χ4n) is 3.34. The lowest BCUT2D eigenvalue weighted by atomic mass is 9.78. The molecule has 1 atom stereocenters. The third kappa shape index (κ3) is 4.59. The van der Waals surface area contributed by atoms with Gasteiger partial charge in [-0.1, -0.05) is 12.1 Å². The summed E-state index contributed by atoms with van der Waals surface area (Å²) in [4.78, 5) is 14.1. The molecular weight excluding hydrogens is 376 g/mol. The lowest BCUT2D eigenvalue weighted by molar-refractivity contribution is -0.0338. The van der Waals surface area contributed by atoms with Crippen molar-refractivity contribution in [1.29, 1.82) is 0 Å². The highest BCUT2D eigenvalue weighted by atomic mass is 19.1. The van der Waals surface area contributed by atoms with Crippen LogP contribution in [-0.4, -0.2) is 54.7 Å². The van der Waals surface area contributed by atoms with Crippen molar-refractivity contribution in [2.75, 3.05) is 19.8 Å². The minimum absolute atomic E-state index is 0.214. The van der Waals surface area contributed by atoms with Gasteiger partial charge < -0.3 is 18.8 Å². The molecule has 1 aromatic carbocycles. The van der Waals surface area contributed by atoms with Crippen LogP contribution in [0.4, 0.5) is 9.18 Å². The highest BCUT2D eigenvalue weighted by Gasteiger charge is 2.51. The van der Waals surface area contributed by atoms with Gasteiger partial charge in [0.2, 0.25) is 0 Å². The van der Waals surface area contributed by atoms with Crippen LogP contribution in [0.15, 0.2) is 18.2 Å². The smallest absolute Gasteiger partial charge is 0.444 e. The van der Waals surface area contributed by atoms with Gasteiger partial charge in [0.25, 0.3) is 0 Å². The van der Waals surface area contributed by atoms with Crippen LogP contribution in [0.1, 0.15) is 60.1 Å². The molecule has 0 radical (unpaired) electrons. The van der Waals surface area contributed by atoms with Gasteiger partial charge in [-0.3, -0.25) is 4.90 Å². The molecule has 160 valence electrons. The first kappa shape index (κ1) is 22.1. The molecule has 6 nitrogen and oxygen atoms in total. The van der Waals surface area contributed by atoms with E-state index in [9.17, 15) is 4.79 Å². The Morgan fingerprint density at radius 1 is 1.21 bits per heavy atom. The summed E-state index contributed by atoms with van der Waals surface area (Å²) < 4.78 is 38.1. The Bertz CT molecular complexity index is 761. The third-order valence-corrected chi connectivity index (χ3v) is 5.67. The predicted molar refractivity (Wildman–Crippen MR) is 109 cm³/mol. The van der Waals surface area contributed by atoms with Gasteiger partial charge in [-0.15, -0.1) is 0 Å². The number of amides is 1. The van der Waals surface area contributed by atoms with E-state index in [-0.39, 0.29) is 6.61 Å². The predicted octanol–water partition coefficient (Wildman–Crippen LogP) is 3.43. The second-order valence-corrected chi connectivity index (χ2v) is 9.63. The second-order valence-electron chi connectivity index (χ2n) is 9.63. The molecule has 2 aliphatic rings. The van der Waals surface area contributed by atoms with Crippen molar-refractivity contribution in [3.8, 4) is 0 Å². The minimum Gasteiger partial charge on any atom is -0.444 e. The summed E-state index contributed by atoms with van der Waals surface area (Å²) in [6.07, 6.45) is -0.472. The zero-order valence-electron chi connectivity index (χ0n) is 18.4. The molecule has 0 spiro atoms. The van der Waals surface area contributed by atoms with Crippen LogP contribution < -0.4 is 5.46 Å². The van der Waals surface area contributed by atoms with Gasteiger partial charge in [0.15, 0.2) is 0 Å². The maximum Gasteiger partial charge on any atom is 0.494 e. The summed E-state index contributed by atoms with van der Waals surface area (Å²) in [6, 6.07) is 4.32. The molecule has 3 rings (SSSR count). The fraction of sp³-hybridized carbons (Fsp3) is 0.667. The monoisotopic (exact) mass is 407 g/mol. The molecule has 1 amide bonds. The second kappa shape index (κ2) is 7.56. The Balaban J connectivity index is 1.83. The number of ether oxygens (including phenoxy) is 2. The van der Waals surface area contributed by atoms with Gasteiger partial charge >= 0.3 is 13.2 Å². The largest absolute Gasteiger partial charge is 0.494 e. The SMILES string of the molecule is CC(C)(C)OC(=O)N1CCOCC1c1ccc(B2OC(C)(C)C(C)(C)O2)cc1F. The molecular formula is C21H31BFNO5. The van der Waals surface area contributed by atoms with Crippen LogP contribution in [0.25, 0.3) is 0 Å². The number of hydrogen-bond acceptors (Lipinski definition) is 5. The number of nitrogens with zero attached hydrogens (tertiary/aromatic N) is 1. The molecule has 0 N–H and O–H groups in total. The lowest BCUT2D eigenvalue weighted by Gasteiger charge is -2.37. The van der Waals surface area contributed by atoms with Crippen molar-refractivity contribution in [3.63, 3.8) is 0 Å². The van der Waals surface area contributed by atoms with Gasteiger partial charge in [0.1, 0.15) is 11.4 Å². The van der Waals surface area contributed by atoms with E-state index in [0.717, 1.165) is 0 Å². The van der Waals surface area contributed by atoms with Crippen LogP contribution in [0, 0.1) is 5.82 Å². The molecule has 1 unspecified atom stereocenters. The maximum absolute atomic E-state index is 15.1. The molecule has 2 heterocycles. The summed E-state index contributed by atoms with van der Waals surface area (Å²) in [5, 5.41) is 0. The average molecular weight is 407 g/mol. The van der Waals surface area contributed by atoms with Crippen LogP contribution in [0.5, 0.6) is 0 Å². The van der Waals surface area contributed by atoms with Crippen molar-refractivity contribution < 1.29 is 28.0 Å². The van der Waals surface area contributed by atoms with Crippen molar-refractivity contribution >= 4 is 18.7 Å². The third-order valence-electron chi connectivity index (χ3n) is 5.67. The molecule has 0 bridgehead atoms. The number of rotatable bonds is 2. The molecule has 0 saturated carbocycles. The summed E-state index contributed by atoms with van der Waals surface area (Å²) >= 11 is 0. The highest BCUT2D eigenvalue weighted by Crippen LogP contribution is 2.37. The molecule has 2 fully saturated rings. The van der Waals surface area contributed by atoms with Crippen molar-refractivity contribution in [3.05, 3.63) is 29.6 Å². The van der Waals surface area contributed by atoms with E-state index in [2.05, 4.69) is 0 Å². The van der Waals surface area contributed by atoms with Crippen molar-refractivity contribution in [2.45, 2.75) is 71.3 Å². The van der Waals surface area contributed by atoms with Gasteiger partial charge in [-0.25, -0.2) is 9.18 Å². The van der Waals surface area contributed by atoms with Crippen LogP contribution >= 0.6 is 0 Å². The minimum atomic E-state index is -0.645. The maximum atomic E-state index is 15.1. The molecule has 0 aliphatic carbocycles. The van der Waals surface area contributed by atoms with Crippen molar-refractivity contribution in [1.82, 2.24) is 4.90 Å². The van der Waals surface area contributed by atoms with Gasteiger partial charge in [0.05, 0.1) is 30.5 Å². The summed E-state index contributed by atoms with van der Waals surface area (Å²) in [7, 11) is -0.645. The highest BCUT2D eigenvalue weighted by molar-refractivity contribution is 6.62. The van der Waals surface area contributed by atoms with E-state index in [0.29, 0.717) is 24.2 Å². The Hall–Kier alpha value is -1.64. The topological polar surface area (TPSA) is 57.2 Å². The van der Waals surface area contributed by atoms with Gasteiger partial charge in [-0.2, -0.15) is 0 Å². The number of benzene rings is 1. The fourth-order valence-corrected chi connectivity index (χ4v) is 3.34. The quantitative estimate of drug-likeness (QED) is 0.704. The standard InChI is InChI=1S/C21H31BFNO5/c1-19(2,3)27-18(25)24-10-11-26-13-17(24)15-9-8-14(12-16(15)23)22-28-20(4,5)21(6,7)29-22/h8-9,12,17H,10-11,13H2,1-7H3. The lowest BCUT2D eigenvalue weighted by Crippen LogP contribution is -2.46. The summed E-state index contributed by atoms with van der Waals surface area (Å²) in [6.45, 7) is 14.2. The van der Waals surface area contributed by atoms with E-state index in [1.807, 2.05) is 27.7 Å². The van der Waals surface area contributed by atoms with Crippen LogP contribution in [0.3, 0.4) is 0 Å². The molecule has 8 heteroatoms. The molecule has 2 saturated heterocycles. The number of morpholine rings is 1. The Labute approximate surface area is 172 Å². The summed E-state index contributed by atoms with van der Waals surface area (Å²) in [5.74, 6) is -0.429. The summed E-state index contributed by atoms with van der Waals surface area (Å²) in [5.41, 5.74) is -0.643. The van der Waals surface area contributed by atoms with E-state index >= 15 is 4.39 Å². The zero-order valence-corrected chi connectivity index (χ0v) is 18.4.